The second kappa shape index (κ2) is 7.07. The molecule has 6 nitrogen and oxygen atoms in total. The highest BCUT2D eigenvalue weighted by atomic mass is 16.7. The van der Waals surface area contributed by atoms with Gasteiger partial charge in [0.05, 0.1) is 5.69 Å². The molecule has 0 atom stereocenters. The van der Waals surface area contributed by atoms with Crippen molar-refractivity contribution < 1.29 is 14.3 Å². The molecule has 2 aliphatic rings. The Hall–Kier alpha value is -3.02. The van der Waals surface area contributed by atoms with Crippen molar-refractivity contribution in [1.29, 1.82) is 0 Å². The van der Waals surface area contributed by atoms with E-state index < -0.39 is 0 Å². The van der Waals surface area contributed by atoms with Gasteiger partial charge in [-0.05, 0) is 55.3 Å². The van der Waals surface area contributed by atoms with Gasteiger partial charge < -0.3 is 14.8 Å². The minimum absolute atomic E-state index is 0.0709. The first-order valence-electron chi connectivity index (χ1n) is 8.77. The standard InChI is InChI=1S/C20H21N3O3/c1-14-9-11-23(22-14)17-5-3-16(4-6-17)20(24)21-10-8-15-2-7-18-19(12-15)26-13-25-18/h2-7,12H,8-11,13H2,1H3,(H,21,24). The molecular formula is C20H21N3O3. The molecule has 0 aromatic heterocycles. The Balaban J connectivity index is 1.31. The van der Waals surface area contributed by atoms with Gasteiger partial charge in [0.25, 0.3) is 5.91 Å². The molecule has 0 spiro atoms. The summed E-state index contributed by atoms with van der Waals surface area (Å²) < 4.78 is 10.7. The van der Waals surface area contributed by atoms with Crippen molar-refractivity contribution >= 4 is 17.3 Å². The largest absolute Gasteiger partial charge is 0.454 e. The quantitative estimate of drug-likeness (QED) is 0.900. The summed E-state index contributed by atoms with van der Waals surface area (Å²) in [5, 5.41) is 9.40. The Bertz CT molecular complexity index is 846. The second-order valence-electron chi connectivity index (χ2n) is 6.45. The van der Waals surface area contributed by atoms with Gasteiger partial charge >= 0.3 is 0 Å². The zero-order valence-corrected chi connectivity index (χ0v) is 14.7. The third-order valence-electron chi connectivity index (χ3n) is 4.54. The topological polar surface area (TPSA) is 63.2 Å². The molecule has 0 radical (unpaired) electrons. The number of ether oxygens (including phenoxy) is 2. The van der Waals surface area contributed by atoms with E-state index in [9.17, 15) is 4.79 Å². The average molecular weight is 351 g/mol. The Kier molecular flexibility index (Phi) is 4.48. The number of benzene rings is 2. The van der Waals surface area contributed by atoms with Crippen LogP contribution in [0.2, 0.25) is 0 Å². The van der Waals surface area contributed by atoms with Gasteiger partial charge in [-0.15, -0.1) is 0 Å². The molecular weight excluding hydrogens is 330 g/mol. The maximum absolute atomic E-state index is 12.3. The number of nitrogens with one attached hydrogen (secondary N) is 1. The molecule has 0 aliphatic carbocycles. The van der Waals surface area contributed by atoms with E-state index in [1.54, 1.807) is 0 Å². The number of rotatable bonds is 5. The predicted molar refractivity (Wildman–Crippen MR) is 100 cm³/mol. The number of nitrogens with zero attached hydrogens (tertiary/aromatic N) is 2. The van der Waals surface area contributed by atoms with Crippen LogP contribution in [0.1, 0.15) is 29.3 Å². The summed E-state index contributed by atoms with van der Waals surface area (Å²) in [4.78, 5) is 12.3. The molecule has 134 valence electrons. The molecule has 2 aliphatic heterocycles. The fourth-order valence-electron chi connectivity index (χ4n) is 3.06. The van der Waals surface area contributed by atoms with Gasteiger partial charge in [-0.25, -0.2) is 0 Å². The first-order valence-corrected chi connectivity index (χ1v) is 8.77. The molecule has 0 fully saturated rings. The summed E-state index contributed by atoms with van der Waals surface area (Å²) >= 11 is 0. The minimum Gasteiger partial charge on any atom is -0.454 e. The lowest BCUT2D eigenvalue weighted by molar-refractivity contribution is 0.0954. The zero-order chi connectivity index (χ0) is 17.9. The van der Waals surface area contributed by atoms with Crippen molar-refractivity contribution in [3.05, 3.63) is 53.6 Å². The Morgan fingerprint density at radius 2 is 1.96 bits per heavy atom. The van der Waals surface area contributed by atoms with Gasteiger partial charge in [-0.2, -0.15) is 5.10 Å². The maximum Gasteiger partial charge on any atom is 0.251 e. The maximum atomic E-state index is 12.3. The van der Waals surface area contributed by atoms with Crippen molar-refractivity contribution in [1.82, 2.24) is 5.32 Å². The van der Waals surface area contributed by atoms with E-state index in [4.69, 9.17) is 9.47 Å². The van der Waals surface area contributed by atoms with Crippen LogP contribution in [0.3, 0.4) is 0 Å². The van der Waals surface area contributed by atoms with Crippen molar-refractivity contribution in [2.75, 3.05) is 24.9 Å². The molecule has 2 heterocycles. The fraction of sp³-hybridized carbons (Fsp3) is 0.300. The van der Waals surface area contributed by atoms with Gasteiger partial charge in [0.1, 0.15) is 0 Å². The minimum atomic E-state index is -0.0709. The number of fused-ring (bicyclic) bond motifs is 1. The first kappa shape index (κ1) is 16.4. The van der Waals surface area contributed by atoms with Crippen LogP contribution in [0.4, 0.5) is 5.69 Å². The summed E-state index contributed by atoms with van der Waals surface area (Å²) in [7, 11) is 0. The number of carbonyl (C=O) groups excluding carboxylic acids is 1. The van der Waals surface area contributed by atoms with E-state index in [1.165, 1.54) is 0 Å². The molecule has 4 rings (SSSR count). The van der Waals surface area contributed by atoms with Crippen LogP contribution in [0.25, 0.3) is 0 Å². The number of carbonyl (C=O) groups is 1. The summed E-state index contributed by atoms with van der Waals surface area (Å²) in [6.07, 6.45) is 1.73. The number of hydrogen-bond donors (Lipinski definition) is 1. The SMILES string of the molecule is CC1=NN(c2ccc(C(=O)NCCc3ccc4c(c3)OCO4)cc2)CC1. The van der Waals surface area contributed by atoms with Crippen LogP contribution >= 0.6 is 0 Å². The van der Waals surface area contributed by atoms with E-state index in [-0.39, 0.29) is 12.7 Å². The Morgan fingerprint density at radius 3 is 2.73 bits per heavy atom. The smallest absolute Gasteiger partial charge is 0.251 e. The highest BCUT2D eigenvalue weighted by Crippen LogP contribution is 2.32. The lowest BCUT2D eigenvalue weighted by Crippen LogP contribution is -2.25. The number of amides is 1. The predicted octanol–water partition coefficient (Wildman–Crippen LogP) is 2.97. The highest BCUT2D eigenvalue weighted by Gasteiger charge is 2.14. The van der Waals surface area contributed by atoms with Crippen molar-refractivity contribution in [3.63, 3.8) is 0 Å². The summed E-state index contributed by atoms with van der Waals surface area (Å²) in [6.45, 7) is 3.76. The molecule has 26 heavy (non-hydrogen) atoms. The molecule has 6 heteroatoms. The summed E-state index contributed by atoms with van der Waals surface area (Å²) in [6, 6.07) is 13.4. The van der Waals surface area contributed by atoms with Gasteiger partial charge in [0.2, 0.25) is 6.79 Å². The third-order valence-corrected chi connectivity index (χ3v) is 4.54. The normalized spacial score (nSPS) is 15.1. The summed E-state index contributed by atoms with van der Waals surface area (Å²) in [5.74, 6) is 1.47. The van der Waals surface area contributed by atoms with E-state index >= 15 is 0 Å². The second-order valence-corrected chi connectivity index (χ2v) is 6.45. The molecule has 1 amide bonds. The van der Waals surface area contributed by atoms with Crippen LogP contribution in [-0.4, -0.2) is 31.5 Å². The van der Waals surface area contributed by atoms with E-state index in [1.807, 2.05) is 54.4 Å². The fourth-order valence-corrected chi connectivity index (χ4v) is 3.06. The van der Waals surface area contributed by atoms with Crippen LogP contribution < -0.4 is 19.8 Å². The number of anilines is 1. The molecule has 0 bridgehead atoms. The molecule has 0 saturated carbocycles. The van der Waals surface area contributed by atoms with Crippen LogP contribution in [0.15, 0.2) is 47.6 Å². The lowest BCUT2D eigenvalue weighted by Gasteiger charge is -2.14. The zero-order valence-electron chi connectivity index (χ0n) is 14.7. The third kappa shape index (κ3) is 3.49. The van der Waals surface area contributed by atoms with Crippen molar-refractivity contribution in [3.8, 4) is 11.5 Å². The van der Waals surface area contributed by atoms with E-state index in [0.29, 0.717) is 12.1 Å². The average Bonchev–Trinajstić information content (AvgIpc) is 3.30. The lowest BCUT2D eigenvalue weighted by atomic mass is 10.1. The van der Waals surface area contributed by atoms with Gasteiger partial charge in [0, 0.05) is 30.8 Å². The van der Waals surface area contributed by atoms with Crippen LogP contribution in [0, 0.1) is 0 Å². The first-order chi connectivity index (χ1) is 12.7. The number of hydrogen-bond acceptors (Lipinski definition) is 5. The van der Waals surface area contributed by atoms with Gasteiger partial charge in [-0.1, -0.05) is 6.07 Å². The molecule has 2 aromatic carbocycles. The molecule has 0 saturated heterocycles. The summed E-state index contributed by atoms with van der Waals surface area (Å²) in [5.41, 5.74) is 3.90. The molecule has 1 N–H and O–H groups in total. The number of hydrazone groups is 1. The molecule has 2 aromatic rings. The Morgan fingerprint density at radius 1 is 1.15 bits per heavy atom. The van der Waals surface area contributed by atoms with Gasteiger partial charge in [0.15, 0.2) is 11.5 Å². The van der Waals surface area contributed by atoms with Crippen LogP contribution in [-0.2, 0) is 6.42 Å². The van der Waals surface area contributed by atoms with Crippen molar-refractivity contribution in [2.24, 2.45) is 5.10 Å². The van der Waals surface area contributed by atoms with E-state index in [2.05, 4.69) is 10.4 Å². The van der Waals surface area contributed by atoms with Gasteiger partial charge in [-0.3, -0.25) is 9.80 Å². The monoisotopic (exact) mass is 351 g/mol. The van der Waals surface area contributed by atoms with Crippen LogP contribution in [0.5, 0.6) is 11.5 Å². The van der Waals surface area contributed by atoms with Crippen molar-refractivity contribution in [2.45, 2.75) is 19.8 Å². The van der Waals surface area contributed by atoms with E-state index in [0.717, 1.165) is 47.8 Å². The highest BCUT2D eigenvalue weighted by molar-refractivity contribution is 5.94. The molecule has 0 unspecified atom stereocenters. The Labute approximate surface area is 152 Å².